The number of halogens is 2. The van der Waals surface area contributed by atoms with Crippen LogP contribution in [0.2, 0.25) is 0 Å². The number of H-pyrrole nitrogens is 1. The molecule has 2 N–H and O–H groups in total. The topological polar surface area (TPSA) is 79.4 Å². The third kappa shape index (κ3) is 2.71. The summed E-state index contributed by atoms with van der Waals surface area (Å²) in [6, 6.07) is 9.47. The number of rotatable bonds is 4. The number of hydrogen-bond donors (Lipinski definition) is 2. The molecule has 0 unspecified atom stereocenters. The van der Waals surface area contributed by atoms with Crippen LogP contribution < -0.4 is 10.2 Å². The lowest BCUT2D eigenvalue weighted by molar-refractivity contribution is 0.0695. The Bertz CT molecular complexity index is 983. The zero-order valence-corrected chi connectivity index (χ0v) is 12.2. The maximum Gasteiger partial charge on any atom is 0.341 e. The van der Waals surface area contributed by atoms with Crippen LogP contribution in [-0.2, 0) is 6.61 Å². The number of pyridine rings is 1. The van der Waals surface area contributed by atoms with Crippen molar-refractivity contribution in [1.29, 1.82) is 0 Å². The van der Waals surface area contributed by atoms with Crippen LogP contribution in [0.1, 0.15) is 15.9 Å². The van der Waals surface area contributed by atoms with E-state index in [2.05, 4.69) is 4.98 Å². The minimum atomic E-state index is -1.46. The average Bonchev–Trinajstić information content (AvgIpc) is 2.57. The van der Waals surface area contributed by atoms with E-state index in [1.165, 1.54) is 0 Å². The van der Waals surface area contributed by atoms with Gasteiger partial charge in [0.05, 0.1) is 10.9 Å². The van der Waals surface area contributed by atoms with Crippen molar-refractivity contribution in [3.05, 3.63) is 75.6 Å². The summed E-state index contributed by atoms with van der Waals surface area (Å²) in [7, 11) is 0. The van der Waals surface area contributed by atoms with E-state index < -0.39 is 34.3 Å². The lowest BCUT2D eigenvalue weighted by atomic mass is 10.1. The third-order valence-electron chi connectivity index (χ3n) is 3.48. The highest BCUT2D eigenvalue weighted by molar-refractivity contribution is 5.94. The summed E-state index contributed by atoms with van der Waals surface area (Å²) in [6.07, 6.45) is 0.930. The minimum absolute atomic E-state index is 0.0426. The van der Waals surface area contributed by atoms with Crippen LogP contribution in [-0.4, -0.2) is 16.1 Å². The summed E-state index contributed by atoms with van der Waals surface area (Å²) in [5.41, 5.74) is -0.860. The van der Waals surface area contributed by atoms with Gasteiger partial charge in [-0.3, -0.25) is 4.79 Å². The number of aromatic nitrogens is 1. The lowest BCUT2D eigenvalue weighted by Gasteiger charge is -2.11. The number of carboxylic acid groups (broad SMARTS) is 1. The van der Waals surface area contributed by atoms with E-state index >= 15 is 0 Å². The Hall–Kier alpha value is -3.22. The monoisotopic (exact) mass is 331 g/mol. The van der Waals surface area contributed by atoms with Gasteiger partial charge in [0.25, 0.3) is 0 Å². The summed E-state index contributed by atoms with van der Waals surface area (Å²) in [6.45, 7) is -0.0426. The normalized spacial score (nSPS) is 10.8. The predicted molar refractivity (Wildman–Crippen MR) is 82.2 cm³/mol. The van der Waals surface area contributed by atoms with Crippen molar-refractivity contribution in [2.75, 3.05) is 0 Å². The molecule has 0 saturated carbocycles. The number of benzene rings is 2. The molecule has 0 amide bonds. The van der Waals surface area contributed by atoms with Crippen LogP contribution in [0, 0.1) is 11.6 Å². The van der Waals surface area contributed by atoms with Crippen molar-refractivity contribution in [2.45, 2.75) is 6.61 Å². The molecule has 1 heterocycles. The van der Waals surface area contributed by atoms with Crippen LogP contribution >= 0.6 is 0 Å². The SMILES string of the molecule is O=C(O)c1c[nH]c2c(OCc3ccccc3)c(F)c(F)cc2c1=O. The molecule has 0 atom stereocenters. The molecule has 122 valence electrons. The molecular formula is C17H11F2NO4. The van der Waals surface area contributed by atoms with Crippen LogP contribution in [0.3, 0.4) is 0 Å². The van der Waals surface area contributed by atoms with Gasteiger partial charge >= 0.3 is 5.97 Å². The van der Waals surface area contributed by atoms with E-state index in [0.29, 0.717) is 6.07 Å². The number of ether oxygens (including phenoxy) is 1. The Labute approximate surface area is 134 Å². The van der Waals surface area contributed by atoms with Crippen LogP contribution in [0.5, 0.6) is 5.75 Å². The lowest BCUT2D eigenvalue weighted by Crippen LogP contribution is -2.16. The van der Waals surface area contributed by atoms with Gasteiger partial charge in [0, 0.05) is 6.20 Å². The Balaban J connectivity index is 2.12. The first kappa shape index (κ1) is 15.7. The first-order valence-corrected chi connectivity index (χ1v) is 6.92. The fourth-order valence-corrected chi connectivity index (χ4v) is 2.30. The van der Waals surface area contributed by atoms with Crippen molar-refractivity contribution >= 4 is 16.9 Å². The van der Waals surface area contributed by atoms with Gasteiger partial charge in [-0.2, -0.15) is 4.39 Å². The Morgan fingerprint density at radius 3 is 2.58 bits per heavy atom. The molecule has 0 aliphatic heterocycles. The Kier molecular flexibility index (Phi) is 3.99. The largest absolute Gasteiger partial charge is 0.483 e. The highest BCUT2D eigenvalue weighted by Gasteiger charge is 2.20. The smallest absolute Gasteiger partial charge is 0.341 e. The number of fused-ring (bicyclic) bond motifs is 1. The summed E-state index contributed by atoms with van der Waals surface area (Å²) in [5.74, 6) is -4.48. The fourth-order valence-electron chi connectivity index (χ4n) is 2.30. The van der Waals surface area contributed by atoms with Gasteiger partial charge in [-0.15, -0.1) is 0 Å². The summed E-state index contributed by atoms with van der Waals surface area (Å²) >= 11 is 0. The Morgan fingerprint density at radius 1 is 1.21 bits per heavy atom. The van der Waals surface area contributed by atoms with Gasteiger partial charge in [0.2, 0.25) is 11.2 Å². The molecule has 2 aromatic carbocycles. The summed E-state index contributed by atoms with van der Waals surface area (Å²) in [5, 5.41) is 8.66. The molecule has 0 radical (unpaired) electrons. The van der Waals surface area contributed by atoms with E-state index in [0.717, 1.165) is 11.8 Å². The maximum atomic E-state index is 14.1. The second kappa shape index (κ2) is 6.11. The fraction of sp³-hybridized carbons (Fsp3) is 0.0588. The van der Waals surface area contributed by atoms with Gasteiger partial charge < -0.3 is 14.8 Å². The quantitative estimate of drug-likeness (QED) is 0.770. The molecule has 0 saturated heterocycles. The minimum Gasteiger partial charge on any atom is -0.483 e. The van der Waals surface area contributed by atoms with E-state index in [1.54, 1.807) is 30.3 Å². The Morgan fingerprint density at radius 2 is 1.92 bits per heavy atom. The molecule has 24 heavy (non-hydrogen) atoms. The second-order valence-corrected chi connectivity index (χ2v) is 5.03. The van der Waals surface area contributed by atoms with E-state index in [9.17, 15) is 18.4 Å². The number of nitrogens with one attached hydrogen (secondary N) is 1. The van der Waals surface area contributed by atoms with Crippen molar-refractivity contribution < 1.29 is 23.4 Å². The van der Waals surface area contributed by atoms with Crippen molar-refractivity contribution in [1.82, 2.24) is 4.98 Å². The molecule has 0 spiro atoms. The first-order valence-electron chi connectivity index (χ1n) is 6.92. The van der Waals surface area contributed by atoms with Gasteiger partial charge in [0.1, 0.15) is 12.2 Å². The van der Waals surface area contributed by atoms with Crippen molar-refractivity contribution in [2.24, 2.45) is 0 Å². The van der Waals surface area contributed by atoms with Crippen molar-refractivity contribution in [3.8, 4) is 5.75 Å². The molecule has 0 bridgehead atoms. The van der Waals surface area contributed by atoms with Crippen LogP contribution in [0.25, 0.3) is 10.9 Å². The van der Waals surface area contributed by atoms with E-state index in [4.69, 9.17) is 9.84 Å². The highest BCUT2D eigenvalue weighted by atomic mass is 19.2. The molecular weight excluding hydrogens is 320 g/mol. The van der Waals surface area contributed by atoms with Crippen LogP contribution in [0.4, 0.5) is 8.78 Å². The van der Waals surface area contributed by atoms with Crippen LogP contribution in [0.15, 0.2) is 47.4 Å². The molecule has 1 aromatic heterocycles. The third-order valence-corrected chi connectivity index (χ3v) is 3.48. The number of hydrogen-bond acceptors (Lipinski definition) is 3. The molecule has 3 aromatic rings. The zero-order chi connectivity index (χ0) is 17.3. The van der Waals surface area contributed by atoms with E-state index in [1.807, 2.05) is 0 Å². The number of aromatic carboxylic acids is 1. The summed E-state index contributed by atoms with van der Waals surface area (Å²) < 4.78 is 33.2. The molecule has 5 nitrogen and oxygen atoms in total. The number of aromatic amines is 1. The van der Waals surface area contributed by atoms with E-state index in [-0.39, 0.29) is 17.5 Å². The second-order valence-electron chi connectivity index (χ2n) is 5.03. The average molecular weight is 331 g/mol. The highest BCUT2D eigenvalue weighted by Crippen LogP contribution is 2.29. The molecule has 0 fully saturated rings. The van der Waals surface area contributed by atoms with Gasteiger partial charge in [0.15, 0.2) is 11.6 Å². The number of carbonyl (C=O) groups is 1. The number of carboxylic acids is 1. The zero-order valence-electron chi connectivity index (χ0n) is 12.2. The standard InChI is InChI=1S/C17H11F2NO4/c18-12-6-10-14(20-7-11(15(10)21)17(22)23)16(13(12)19)24-8-9-4-2-1-3-5-9/h1-7H,8H2,(H,20,21)(H,22,23). The first-order chi connectivity index (χ1) is 11.5. The van der Waals surface area contributed by atoms with Gasteiger partial charge in [-0.25, -0.2) is 9.18 Å². The predicted octanol–water partition coefficient (Wildman–Crippen LogP) is 3.08. The molecule has 3 rings (SSSR count). The molecule has 0 aliphatic rings. The maximum absolute atomic E-state index is 14.1. The van der Waals surface area contributed by atoms with Gasteiger partial charge in [-0.05, 0) is 11.6 Å². The summed E-state index contributed by atoms with van der Waals surface area (Å²) in [4.78, 5) is 25.6. The van der Waals surface area contributed by atoms with Gasteiger partial charge in [-0.1, -0.05) is 30.3 Å². The van der Waals surface area contributed by atoms with Crippen molar-refractivity contribution in [3.63, 3.8) is 0 Å². The molecule has 0 aliphatic carbocycles. The molecule has 7 heteroatoms.